The number of amides is 1. The molecule has 0 radical (unpaired) electrons. The molecule has 2 N–H and O–H groups in total. The number of rotatable bonds is 8. The second-order valence-electron chi connectivity index (χ2n) is 6.96. The molecule has 1 amide bonds. The molecule has 0 aliphatic heterocycles. The predicted octanol–water partition coefficient (Wildman–Crippen LogP) is 6.01. The standard InChI is InChI=1S/C24H21Br2NO6/c1-3-27(19-6-4-5-7-21(19)32-2)24(31)16-13-15(8-9-20(16)28)33-23-17(25)10-14(11-18(23)26)12-22(29)30/h4-11,13,28H,3,12H2,1-2H3,(H,29,30). The van der Waals surface area contributed by atoms with Crippen LogP contribution in [-0.2, 0) is 11.2 Å². The molecule has 0 unspecified atom stereocenters. The average molecular weight is 579 g/mol. The van der Waals surface area contributed by atoms with Crippen molar-refractivity contribution in [1.29, 1.82) is 0 Å². The van der Waals surface area contributed by atoms with E-state index in [1.807, 2.05) is 13.0 Å². The summed E-state index contributed by atoms with van der Waals surface area (Å²) in [7, 11) is 1.53. The maximum Gasteiger partial charge on any atom is 0.307 e. The predicted molar refractivity (Wildman–Crippen MR) is 132 cm³/mol. The largest absolute Gasteiger partial charge is 0.507 e. The maximum absolute atomic E-state index is 13.3. The van der Waals surface area contributed by atoms with E-state index in [0.717, 1.165) is 0 Å². The van der Waals surface area contributed by atoms with Gasteiger partial charge in [0.05, 0.1) is 33.7 Å². The van der Waals surface area contributed by atoms with Crippen molar-refractivity contribution in [2.24, 2.45) is 0 Å². The number of para-hydroxylation sites is 2. The maximum atomic E-state index is 13.3. The SMILES string of the molecule is CCN(C(=O)c1cc(Oc2c(Br)cc(CC(=O)O)cc2Br)ccc1O)c1ccccc1OC. The molecule has 0 saturated carbocycles. The fourth-order valence-corrected chi connectivity index (χ4v) is 4.72. The van der Waals surface area contributed by atoms with Gasteiger partial charge in [-0.2, -0.15) is 0 Å². The molecule has 33 heavy (non-hydrogen) atoms. The quantitative estimate of drug-likeness (QED) is 0.340. The Kier molecular flexibility index (Phi) is 7.99. The molecule has 7 nitrogen and oxygen atoms in total. The van der Waals surface area contributed by atoms with E-state index in [9.17, 15) is 14.7 Å². The van der Waals surface area contributed by atoms with Crippen LogP contribution in [-0.4, -0.2) is 35.7 Å². The van der Waals surface area contributed by atoms with E-state index < -0.39 is 11.9 Å². The monoisotopic (exact) mass is 577 g/mol. The second kappa shape index (κ2) is 10.7. The van der Waals surface area contributed by atoms with Crippen LogP contribution in [0.5, 0.6) is 23.0 Å². The van der Waals surface area contributed by atoms with E-state index >= 15 is 0 Å². The zero-order valence-electron chi connectivity index (χ0n) is 17.8. The van der Waals surface area contributed by atoms with Gasteiger partial charge in [-0.25, -0.2) is 0 Å². The third-order valence-electron chi connectivity index (χ3n) is 4.77. The van der Waals surface area contributed by atoms with E-state index in [1.54, 1.807) is 30.3 Å². The van der Waals surface area contributed by atoms with Gasteiger partial charge < -0.3 is 24.6 Å². The third-order valence-corrected chi connectivity index (χ3v) is 5.95. The lowest BCUT2D eigenvalue weighted by Gasteiger charge is -2.23. The van der Waals surface area contributed by atoms with Crippen molar-refractivity contribution in [2.75, 3.05) is 18.6 Å². The Morgan fingerprint density at radius 1 is 1.03 bits per heavy atom. The van der Waals surface area contributed by atoms with Crippen molar-refractivity contribution in [3.05, 3.63) is 74.7 Å². The lowest BCUT2D eigenvalue weighted by molar-refractivity contribution is -0.136. The Balaban J connectivity index is 1.94. The van der Waals surface area contributed by atoms with Crippen LogP contribution in [0.3, 0.4) is 0 Å². The number of carbonyl (C=O) groups is 2. The number of benzene rings is 3. The molecule has 3 aromatic rings. The Morgan fingerprint density at radius 2 is 1.70 bits per heavy atom. The first-order valence-corrected chi connectivity index (χ1v) is 11.5. The van der Waals surface area contributed by atoms with Gasteiger partial charge in [-0.3, -0.25) is 9.59 Å². The van der Waals surface area contributed by atoms with Crippen LogP contribution in [0, 0.1) is 0 Å². The number of halogens is 2. The van der Waals surface area contributed by atoms with Crippen molar-refractivity contribution in [3.8, 4) is 23.0 Å². The molecule has 9 heteroatoms. The summed E-state index contributed by atoms with van der Waals surface area (Å²) in [5.74, 6) is -0.283. The molecule has 0 saturated heterocycles. The fraction of sp³-hybridized carbons (Fsp3) is 0.167. The van der Waals surface area contributed by atoms with Gasteiger partial charge in [-0.05, 0) is 86.8 Å². The smallest absolute Gasteiger partial charge is 0.307 e. The molecule has 3 aromatic carbocycles. The van der Waals surface area contributed by atoms with E-state index in [-0.39, 0.29) is 17.7 Å². The van der Waals surface area contributed by atoms with Crippen molar-refractivity contribution < 1.29 is 29.3 Å². The normalized spacial score (nSPS) is 10.5. The molecule has 0 fully saturated rings. The Hall–Kier alpha value is -3.04. The van der Waals surface area contributed by atoms with Crippen molar-refractivity contribution in [1.82, 2.24) is 0 Å². The van der Waals surface area contributed by atoms with Gasteiger partial charge in [-0.15, -0.1) is 0 Å². The van der Waals surface area contributed by atoms with Crippen LogP contribution in [0.1, 0.15) is 22.8 Å². The lowest BCUT2D eigenvalue weighted by Crippen LogP contribution is -2.31. The van der Waals surface area contributed by atoms with E-state index in [4.69, 9.17) is 14.6 Å². The van der Waals surface area contributed by atoms with Crippen LogP contribution < -0.4 is 14.4 Å². The highest BCUT2D eigenvalue weighted by Gasteiger charge is 2.23. The van der Waals surface area contributed by atoms with Crippen LogP contribution >= 0.6 is 31.9 Å². The zero-order chi connectivity index (χ0) is 24.1. The van der Waals surface area contributed by atoms with Crippen molar-refractivity contribution >= 4 is 49.4 Å². The topological polar surface area (TPSA) is 96.3 Å². The number of ether oxygens (including phenoxy) is 2. The van der Waals surface area contributed by atoms with Gasteiger partial charge in [0.1, 0.15) is 17.2 Å². The Morgan fingerprint density at radius 3 is 2.30 bits per heavy atom. The Labute approximate surface area is 207 Å². The summed E-state index contributed by atoms with van der Waals surface area (Å²) < 4.78 is 12.4. The fourth-order valence-electron chi connectivity index (χ4n) is 3.28. The number of nitrogens with zero attached hydrogens (tertiary/aromatic N) is 1. The van der Waals surface area contributed by atoms with E-state index in [0.29, 0.717) is 44.0 Å². The van der Waals surface area contributed by atoms with Crippen molar-refractivity contribution in [2.45, 2.75) is 13.3 Å². The van der Waals surface area contributed by atoms with Gasteiger partial charge >= 0.3 is 5.97 Å². The molecule has 0 atom stereocenters. The summed E-state index contributed by atoms with van der Waals surface area (Å²) in [6, 6.07) is 14.8. The molecule has 0 aliphatic rings. The van der Waals surface area contributed by atoms with Crippen LogP contribution in [0.4, 0.5) is 5.69 Å². The minimum Gasteiger partial charge on any atom is -0.507 e. The molecule has 172 valence electrons. The van der Waals surface area contributed by atoms with Gasteiger partial charge in [0, 0.05) is 6.54 Å². The van der Waals surface area contributed by atoms with Crippen LogP contribution in [0.25, 0.3) is 0 Å². The number of carbonyl (C=O) groups excluding carboxylic acids is 1. The molecule has 0 aliphatic carbocycles. The minimum absolute atomic E-state index is 0.0648. The highest BCUT2D eigenvalue weighted by molar-refractivity contribution is 9.11. The summed E-state index contributed by atoms with van der Waals surface area (Å²) in [4.78, 5) is 25.8. The number of aromatic hydroxyl groups is 1. The van der Waals surface area contributed by atoms with E-state index in [1.165, 1.54) is 30.2 Å². The summed E-state index contributed by atoms with van der Waals surface area (Å²) >= 11 is 6.80. The molecule has 0 bridgehead atoms. The number of methoxy groups -OCH3 is 1. The number of carboxylic acid groups (broad SMARTS) is 1. The van der Waals surface area contributed by atoms with Crippen molar-refractivity contribution in [3.63, 3.8) is 0 Å². The number of hydrogen-bond acceptors (Lipinski definition) is 5. The first-order chi connectivity index (χ1) is 15.7. The Bertz CT molecular complexity index is 1170. The zero-order valence-corrected chi connectivity index (χ0v) is 21.0. The summed E-state index contributed by atoms with van der Waals surface area (Å²) in [6.45, 7) is 2.18. The summed E-state index contributed by atoms with van der Waals surface area (Å²) in [6.07, 6.45) is -0.134. The molecular weight excluding hydrogens is 558 g/mol. The minimum atomic E-state index is -0.945. The number of phenolic OH excluding ortho intramolecular Hbond substituents is 1. The first kappa shape index (κ1) is 24.6. The highest BCUT2D eigenvalue weighted by atomic mass is 79.9. The summed E-state index contributed by atoms with van der Waals surface area (Å²) in [5.41, 5.74) is 1.23. The molecule has 3 rings (SSSR count). The molecule has 0 aromatic heterocycles. The number of anilines is 1. The third kappa shape index (κ3) is 5.66. The lowest BCUT2D eigenvalue weighted by atomic mass is 10.1. The van der Waals surface area contributed by atoms with Gasteiger partial charge in [0.15, 0.2) is 5.75 Å². The van der Waals surface area contributed by atoms with Gasteiger partial charge in [0.2, 0.25) is 0 Å². The van der Waals surface area contributed by atoms with E-state index in [2.05, 4.69) is 31.9 Å². The number of phenols is 1. The second-order valence-corrected chi connectivity index (χ2v) is 8.67. The average Bonchev–Trinajstić information content (AvgIpc) is 2.77. The number of aliphatic carboxylic acids is 1. The summed E-state index contributed by atoms with van der Waals surface area (Å²) in [5, 5.41) is 19.4. The first-order valence-electron chi connectivity index (χ1n) is 9.90. The van der Waals surface area contributed by atoms with Crippen LogP contribution in [0.2, 0.25) is 0 Å². The molecular formula is C24H21Br2NO6. The number of carboxylic acids is 1. The van der Waals surface area contributed by atoms with Crippen LogP contribution in [0.15, 0.2) is 63.5 Å². The molecule has 0 spiro atoms. The number of hydrogen-bond donors (Lipinski definition) is 2. The van der Waals surface area contributed by atoms with Gasteiger partial charge in [-0.1, -0.05) is 12.1 Å². The highest BCUT2D eigenvalue weighted by Crippen LogP contribution is 2.39. The van der Waals surface area contributed by atoms with Gasteiger partial charge in [0.25, 0.3) is 5.91 Å². The molecule has 0 heterocycles.